The number of fused-ring (bicyclic) bond motifs is 1. The van der Waals surface area contributed by atoms with Gasteiger partial charge in [-0.3, -0.25) is 9.36 Å². The van der Waals surface area contributed by atoms with E-state index in [0.717, 1.165) is 10.9 Å². The van der Waals surface area contributed by atoms with Gasteiger partial charge in [-0.2, -0.15) is 0 Å². The third-order valence-electron chi connectivity index (χ3n) is 3.84. The molecule has 0 amide bonds. The van der Waals surface area contributed by atoms with Crippen LogP contribution in [0.5, 0.6) is 0 Å². The average Bonchev–Trinajstić information content (AvgIpc) is 2.85. The molecule has 35 heavy (non-hydrogen) atoms. The van der Waals surface area contributed by atoms with E-state index in [2.05, 4.69) is 0 Å². The lowest BCUT2D eigenvalue weighted by Gasteiger charge is -2.18. The Hall–Kier alpha value is -1.36. The zero-order valence-electron chi connectivity index (χ0n) is 17.9. The van der Waals surface area contributed by atoms with E-state index in [0.29, 0.717) is 5.39 Å². The van der Waals surface area contributed by atoms with Crippen LogP contribution in [0.25, 0.3) is 10.8 Å². The van der Waals surface area contributed by atoms with E-state index in [-0.39, 0.29) is 5.56 Å². The van der Waals surface area contributed by atoms with Crippen LogP contribution in [0, 0.1) is 6.92 Å². The van der Waals surface area contributed by atoms with Gasteiger partial charge in [-0.15, -0.1) is 0 Å². The second kappa shape index (κ2) is 13.3. The number of pyridine rings is 1. The summed E-state index contributed by atoms with van der Waals surface area (Å²) in [5.41, 5.74) is 0.851. The van der Waals surface area contributed by atoms with Gasteiger partial charge in [0.15, 0.2) is 6.23 Å². The number of aliphatic hydroxyl groups excluding tert-OH is 2. The molecule has 1 aromatic heterocycles. The minimum absolute atomic E-state index is 0.229. The number of aryl methyl sites for hydroxylation is 1. The van der Waals surface area contributed by atoms with Gasteiger partial charge in [-0.25, -0.2) is 13.7 Å². The van der Waals surface area contributed by atoms with E-state index < -0.39 is 48.0 Å². The minimum Gasteiger partial charge on any atom is -0.388 e. The number of benzene rings is 1. The molecule has 1 aromatic carbocycles. The van der Waals surface area contributed by atoms with Crippen molar-refractivity contribution in [1.82, 2.24) is 4.57 Å². The van der Waals surface area contributed by atoms with E-state index in [9.17, 15) is 15.0 Å². The van der Waals surface area contributed by atoms with Crippen LogP contribution in [0.1, 0.15) is 18.7 Å². The van der Waals surface area contributed by atoms with Gasteiger partial charge in [-0.1, -0.05) is 17.7 Å². The van der Waals surface area contributed by atoms with E-state index in [1.165, 1.54) is 4.57 Å². The average molecular weight is 569 g/mol. The monoisotopic (exact) mass is 569 g/mol. The predicted molar refractivity (Wildman–Crippen MR) is 117 cm³/mol. The Labute approximate surface area is 196 Å². The van der Waals surface area contributed by atoms with E-state index in [1.807, 2.05) is 25.1 Å². The highest BCUT2D eigenvalue weighted by Crippen LogP contribution is 2.29. The van der Waals surface area contributed by atoms with Crippen LogP contribution >= 0.6 is 23.5 Å². The molecule has 0 spiro atoms. The van der Waals surface area contributed by atoms with Crippen LogP contribution in [0.2, 0.25) is 0 Å². The highest BCUT2D eigenvalue weighted by Gasteiger charge is 2.41. The van der Waals surface area contributed by atoms with Crippen molar-refractivity contribution in [3.05, 3.63) is 46.4 Å². The third kappa shape index (κ3) is 15.4. The van der Waals surface area contributed by atoms with Crippen molar-refractivity contribution in [2.45, 2.75) is 38.4 Å². The zero-order valence-corrected chi connectivity index (χ0v) is 20.6. The van der Waals surface area contributed by atoms with Gasteiger partial charge in [-0.05, 0) is 31.4 Å². The standard InChI is InChI=1S/C15H17NO4.3H3O4P/c1-8-3-4-11-10(7-8)5-6-16(14(11)19)15-13(18)12(17)9(2)20-15;3*1-5(2,3)4/h3-7,9,12-13,15,17-18H,1-2H3;3*(H3,1,2,3,4). The number of rotatable bonds is 1. The lowest BCUT2D eigenvalue weighted by Crippen LogP contribution is -2.34. The largest absolute Gasteiger partial charge is 0.466 e. The molecule has 11 N–H and O–H groups in total. The summed E-state index contributed by atoms with van der Waals surface area (Å²) in [6.45, 7) is 3.64. The number of aliphatic hydroxyl groups is 2. The molecule has 0 aliphatic carbocycles. The maximum absolute atomic E-state index is 12.5. The molecule has 4 unspecified atom stereocenters. The Morgan fingerprint density at radius 3 is 1.60 bits per heavy atom. The number of hydrogen-bond donors (Lipinski definition) is 11. The first-order valence-electron chi connectivity index (χ1n) is 8.97. The molecule has 1 saturated heterocycles. The summed E-state index contributed by atoms with van der Waals surface area (Å²) in [6.07, 6.45) is -1.84. The van der Waals surface area contributed by atoms with Crippen LogP contribution in [0.15, 0.2) is 35.3 Å². The summed E-state index contributed by atoms with van der Waals surface area (Å²) in [7, 11) is -13.9. The van der Waals surface area contributed by atoms with Gasteiger partial charge in [0.05, 0.1) is 6.10 Å². The van der Waals surface area contributed by atoms with Crippen LogP contribution < -0.4 is 5.56 Å². The fraction of sp³-hybridized carbons (Fsp3) is 0.400. The lowest BCUT2D eigenvalue weighted by molar-refractivity contribution is -0.0339. The molecule has 1 aliphatic heterocycles. The molecular formula is C15H26NO16P3. The number of nitrogens with zero attached hydrogens (tertiary/aromatic N) is 1. The summed E-state index contributed by atoms with van der Waals surface area (Å²) in [5, 5.41) is 21.2. The van der Waals surface area contributed by atoms with Crippen molar-refractivity contribution in [3.63, 3.8) is 0 Å². The summed E-state index contributed by atoms with van der Waals surface area (Å²) in [4.78, 5) is 77.2. The predicted octanol–water partition coefficient (Wildman–Crippen LogP) is -1.84. The molecule has 202 valence electrons. The van der Waals surface area contributed by atoms with Gasteiger partial charge < -0.3 is 59.0 Å². The van der Waals surface area contributed by atoms with Gasteiger partial charge in [0, 0.05) is 11.6 Å². The van der Waals surface area contributed by atoms with E-state index in [1.54, 1.807) is 19.2 Å². The van der Waals surface area contributed by atoms with Crippen LogP contribution in [-0.4, -0.2) is 77.1 Å². The topological polar surface area (TPSA) is 305 Å². The fourth-order valence-corrected chi connectivity index (χ4v) is 2.64. The first-order valence-corrected chi connectivity index (χ1v) is 13.7. The molecule has 1 aliphatic rings. The van der Waals surface area contributed by atoms with Crippen molar-refractivity contribution in [2.24, 2.45) is 0 Å². The van der Waals surface area contributed by atoms with E-state index in [4.69, 9.17) is 62.5 Å². The second-order valence-corrected chi connectivity index (χ2v) is 9.95. The molecular weight excluding hydrogens is 543 g/mol. The van der Waals surface area contributed by atoms with Crippen molar-refractivity contribution in [3.8, 4) is 0 Å². The van der Waals surface area contributed by atoms with Gasteiger partial charge in [0.1, 0.15) is 12.2 Å². The number of hydrogen-bond acceptors (Lipinski definition) is 7. The molecule has 0 saturated carbocycles. The van der Waals surface area contributed by atoms with Crippen molar-refractivity contribution in [2.75, 3.05) is 0 Å². The molecule has 1 fully saturated rings. The van der Waals surface area contributed by atoms with Gasteiger partial charge >= 0.3 is 23.5 Å². The third-order valence-corrected chi connectivity index (χ3v) is 3.84. The highest BCUT2D eigenvalue weighted by atomic mass is 31.2. The minimum atomic E-state index is -4.64. The van der Waals surface area contributed by atoms with Crippen LogP contribution in [-0.2, 0) is 18.4 Å². The van der Waals surface area contributed by atoms with Gasteiger partial charge in [0.25, 0.3) is 5.56 Å². The van der Waals surface area contributed by atoms with Crippen molar-refractivity contribution < 1.29 is 72.7 Å². The first kappa shape index (κ1) is 33.6. The Morgan fingerprint density at radius 1 is 0.800 bits per heavy atom. The van der Waals surface area contributed by atoms with Crippen LogP contribution in [0.4, 0.5) is 0 Å². The lowest BCUT2D eigenvalue weighted by atomic mass is 10.1. The summed E-state index contributed by atoms with van der Waals surface area (Å²) < 4.78 is 33.5. The second-order valence-electron chi connectivity index (χ2n) is 6.87. The molecule has 17 nitrogen and oxygen atoms in total. The fourth-order valence-electron chi connectivity index (χ4n) is 2.64. The SMILES string of the molecule is Cc1ccc2c(=O)n(C3OC(C)C(O)C3O)ccc2c1.O=P(O)(O)O.O=P(O)(O)O.O=P(O)(O)O. The van der Waals surface area contributed by atoms with E-state index >= 15 is 0 Å². The van der Waals surface area contributed by atoms with Crippen LogP contribution in [0.3, 0.4) is 0 Å². The Morgan fingerprint density at radius 2 is 1.23 bits per heavy atom. The summed E-state index contributed by atoms with van der Waals surface area (Å²) in [6, 6.07) is 7.39. The molecule has 2 aromatic rings. The molecule has 20 heteroatoms. The van der Waals surface area contributed by atoms with Crippen molar-refractivity contribution >= 4 is 34.2 Å². The molecule has 3 rings (SSSR count). The summed E-state index contributed by atoms with van der Waals surface area (Å²) >= 11 is 0. The maximum Gasteiger partial charge on any atom is 0.466 e. The van der Waals surface area contributed by atoms with Crippen molar-refractivity contribution in [1.29, 1.82) is 0 Å². The number of ether oxygens (including phenoxy) is 1. The number of aromatic nitrogens is 1. The molecule has 0 bridgehead atoms. The maximum atomic E-state index is 12.5. The normalized spacial score (nSPS) is 22.2. The number of phosphoric acid groups is 3. The Bertz CT molecular complexity index is 1090. The smallest absolute Gasteiger partial charge is 0.388 e. The Kier molecular flexibility index (Phi) is 12.7. The quantitative estimate of drug-likeness (QED) is 0.168. The Balaban J connectivity index is 0.000000635. The molecule has 2 heterocycles. The molecule has 0 radical (unpaired) electrons. The summed E-state index contributed by atoms with van der Waals surface area (Å²) in [5.74, 6) is 0. The zero-order chi connectivity index (χ0) is 27.9. The first-order chi connectivity index (χ1) is 15.5. The molecule has 4 atom stereocenters. The van der Waals surface area contributed by atoms with Gasteiger partial charge in [0.2, 0.25) is 0 Å². The highest BCUT2D eigenvalue weighted by molar-refractivity contribution is 7.45.